The van der Waals surface area contributed by atoms with Crippen molar-refractivity contribution in [2.24, 2.45) is 0 Å². The van der Waals surface area contributed by atoms with Crippen LogP contribution in [-0.4, -0.2) is 60.5 Å². The molecule has 2 heterocycles. The van der Waals surface area contributed by atoms with E-state index in [4.69, 9.17) is 23.7 Å². The fraction of sp³-hybridized carbons (Fsp3) is 0.458. The first-order valence-corrected chi connectivity index (χ1v) is 12.0. The number of nitrogens with one attached hydrogen (secondary N) is 1. The van der Waals surface area contributed by atoms with Crippen LogP contribution in [0.15, 0.2) is 54.6 Å². The summed E-state index contributed by atoms with van der Waals surface area (Å²) in [5.41, 5.74) is 1.22. The molecule has 8 nitrogen and oxygen atoms in total. The van der Waals surface area contributed by atoms with E-state index < -0.39 is 42.2 Å². The molecule has 2 saturated heterocycles. The molecular weight excluding hydrogens is 446 g/mol. The molecule has 1 unspecified atom stereocenters. The van der Waals surface area contributed by atoms with Crippen molar-refractivity contribution >= 4 is 17.9 Å². The minimum atomic E-state index is -1.07. The zero-order valence-corrected chi connectivity index (χ0v) is 19.4. The summed E-state index contributed by atoms with van der Waals surface area (Å²) in [6, 6.07) is 16.9. The molecule has 0 aromatic heterocycles. The predicted octanol–water partition coefficient (Wildman–Crippen LogP) is 3.24. The van der Waals surface area contributed by atoms with Gasteiger partial charge in [-0.05, 0) is 23.4 Å². The number of thioether (sulfide) groups is 1. The second-order valence-corrected chi connectivity index (χ2v) is 9.11. The van der Waals surface area contributed by atoms with Gasteiger partial charge in [0.25, 0.3) is 0 Å². The van der Waals surface area contributed by atoms with Crippen molar-refractivity contribution in [3.8, 4) is 5.75 Å². The molecule has 2 fully saturated rings. The summed E-state index contributed by atoms with van der Waals surface area (Å²) in [7, 11) is 1.60. The third-order valence-corrected chi connectivity index (χ3v) is 6.59. The van der Waals surface area contributed by atoms with Crippen molar-refractivity contribution in [2.45, 2.75) is 49.6 Å². The van der Waals surface area contributed by atoms with Gasteiger partial charge in [-0.25, -0.2) is 4.79 Å². The van der Waals surface area contributed by atoms with Gasteiger partial charge in [-0.15, -0.1) is 11.8 Å². The molecule has 0 radical (unpaired) electrons. The van der Waals surface area contributed by atoms with E-state index in [1.54, 1.807) is 7.11 Å². The van der Waals surface area contributed by atoms with E-state index in [0.717, 1.165) is 22.6 Å². The number of rotatable bonds is 7. The fourth-order valence-electron chi connectivity index (χ4n) is 3.86. The Bertz CT molecular complexity index is 897. The van der Waals surface area contributed by atoms with E-state index in [2.05, 4.69) is 5.32 Å². The molecule has 33 heavy (non-hydrogen) atoms. The standard InChI is InChI=1S/C24H29NO7S/c1-3-33-23-21(32-24(27)25-13-15-7-5-4-6-8-15)19(26)20-18(30-23)14-29-22(31-20)16-9-11-17(28-2)12-10-16/h4-12,18-23,26H,3,13-14H2,1-2H3,(H,25,27)/t18-,19+,20-,21-,22?,23+/m1/s1. The molecule has 0 saturated carbocycles. The van der Waals surface area contributed by atoms with E-state index in [-0.39, 0.29) is 6.61 Å². The average molecular weight is 476 g/mol. The van der Waals surface area contributed by atoms with Crippen molar-refractivity contribution in [1.29, 1.82) is 0 Å². The van der Waals surface area contributed by atoms with Gasteiger partial charge in [0.1, 0.15) is 29.5 Å². The summed E-state index contributed by atoms with van der Waals surface area (Å²) >= 11 is 1.47. The van der Waals surface area contributed by atoms with Gasteiger partial charge < -0.3 is 34.1 Å². The highest BCUT2D eigenvalue weighted by molar-refractivity contribution is 7.99. The molecule has 6 atom stereocenters. The topological polar surface area (TPSA) is 95.5 Å². The molecule has 0 spiro atoms. The molecule has 2 aliphatic heterocycles. The van der Waals surface area contributed by atoms with Gasteiger partial charge in [-0.1, -0.05) is 49.4 Å². The number of fused-ring (bicyclic) bond motifs is 1. The Labute approximate surface area is 197 Å². The Morgan fingerprint density at radius 2 is 1.91 bits per heavy atom. The highest BCUT2D eigenvalue weighted by Gasteiger charge is 2.51. The number of ether oxygens (including phenoxy) is 5. The highest BCUT2D eigenvalue weighted by Crippen LogP contribution is 2.38. The van der Waals surface area contributed by atoms with Crippen molar-refractivity contribution in [2.75, 3.05) is 19.5 Å². The normalized spacial score (nSPS) is 29.1. The first-order valence-electron chi connectivity index (χ1n) is 10.9. The lowest BCUT2D eigenvalue weighted by atomic mass is 9.98. The van der Waals surface area contributed by atoms with Crippen LogP contribution in [0, 0.1) is 0 Å². The quantitative estimate of drug-likeness (QED) is 0.630. The summed E-state index contributed by atoms with van der Waals surface area (Å²) in [6.45, 7) is 2.56. The highest BCUT2D eigenvalue weighted by atomic mass is 32.2. The lowest BCUT2D eigenvalue weighted by Gasteiger charge is -2.47. The first-order chi connectivity index (χ1) is 16.1. The van der Waals surface area contributed by atoms with Gasteiger partial charge in [0.2, 0.25) is 0 Å². The molecule has 2 aromatic carbocycles. The third kappa shape index (κ3) is 5.80. The largest absolute Gasteiger partial charge is 0.497 e. The summed E-state index contributed by atoms with van der Waals surface area (Å²) in [5, 5.41) is 13.9. The first kappa shape index (κ1) is 23.8. The van der Waals surface area contributed by atoms with Gasteiger partial charge >= 0.3 is 6.09 Å². The number of hydrogen-bond acceptors (Lipinski definition) is 8. The Kier molecular flexibility index (Phi) is 8.11. The lowest BCUT2D eigenvalue weighted by molar-refractivity contribution is -0.317. The molecule has 0 aliphatic carbocycles. The van der Waals surface area contributed by atoms with Crippen molar-refractivity contribution in [1.82, 2.24) is 5.32 Å². The molecule has 9 heteroatoms. The van der Waals surface area contributed by atoms with E-state index >= 15 is 0 Å². The van der Waals surface area contributed by atoms with Crippen molar-refractivity contribution in [3.05, 3.63) is 65.7 Å². The maximum absolute atomic E-state index is 12.5. The van der Waals surface area contributed by atoms with Crippen LogP contribution in [-0.2, 0) is 25.5 Å². The second kappa shape index (κ2) is 11.2. The number of methoxy groups -OCH3 is 1. The number of aliphatic hydroxyl groups excluding tert-OH is 1. The number of aliphatic hydroxyl groups is 1. The Hall–Kier alpha value is -2.30. The molecule has 1 amide bonds. The van der Waals surface area contributed by atoms with Crippen LogP contribution in [0.4, 0.5) is 4.79 Å². The molecule has 2 aliphatic rings. The van der Waals surface area contributed by atoms with Crippen LogP contribution in [0.2, 0.25) is 0 Å². The van der Waals surface area contributed by atoms with Crippen LogP contribution in [0.1, 0.15) is 24.3 Å². The molecule has 2 aromatic rings. The Morgan fingerprint density at radius 3 is 2.61 bits per heavy atom. The molecule has 178 valence electrons. The van der Waals surface area contributed by atoms with E-state index in [1.807, 2.05) is 61.5 Å². The van der Waals surface area contributed by atoms with Crippen molar-refractivity contribution < 1.29 is 33.6 Å². The summed E-state index contributed by atoms with van der Waals surface area (Å²) in [6.07, 6.45) is -4.41. The fourth-order valence-corrected chi connectivity index (χ4v) is 4.81. The SMILES string of the molecule is CCS[C@@H]1O[C@@H]2COC(c3ccc(OC)cc3)O[C@H]2[C@H](O)[C@H]1OC(=O)NCc1ccccc1. The molecule has 4 rings (SSSR count). The number of carbonyl (C=O) groups excluding carboxylic acids is 1. The summed E-state index contributed by atoms with van der Waals surface area (Å²) in [4.78, 5) is 12.5. The van der Waals surface area contributed by atoms with Crippen LogP contribution < -0.4 is 10.1 Å². The van der Waals surface area contributed by atoms with Crippen LogP contribution in [0.25, 0.3) is 0 Å². The number of hydrogen-bond donors (Lipinski definition) is 2. The van der Waals surface area contributed by atoms with E-state index in [0.29, 0.717) is 6.54 Å². The van der Waals surface area contributed by atoms with Crippen LogP contribution >= 0.6 is 11.8 Å². The van der Waals surface area contributed by atoms with Gasteiger partial charge in [0, 0.05) is 12.1 Å². The zero-order valence-electron chi connectivity index (χ0n) is 18.6. The summed E-state index contributed by atoms with van der Waals surface area (Å²) < 4.78 is 28.9. The van der Waals surface area contributed by atoms with Gasteiger partial charge in [-0.3, -0.25) is 0 Å². The van der Waals surface area contributed by atoms with E-state index in [1.165, 1.54) is 11.8 Å². The Balaban J connectivity index is 1.42. The Morgan fingerprint density at radius 1 is 1.15 bits per heavy atom. The van der Waals surface area contributed by atoms with Crippen molar-refractivity contribution in [3.63, 3.8) is 0 Å². The monoisotopic (exact) mass is 475 g/mol. The minimum Gasteiger partial charge on any atom is -0.497 e. The minimum absolute atomic E-state index is 0.256. The summed E-state index contributed by atoms with van der Waals surface area (Å²) in [5.74, 6) is 1.46. The number of alkyl carbamates (subject to hydrolysis) is 1. The molecular formula is C24H29NO7S. The molecule has 2 N–H and O–H groups in total. The zero-order chi connectivity index (χ0) is 23.2. The van der Waals surface area contributed by atoms with Crippen LogP contribution in [0.5, 0.6) is 5.75 Å². The number of benzene rings is 2. The van der Waals surface area contributed by atoms with Gasteiger partial charge in [0.15, 0.2) is 12.4 Å². The maximum Gasteiger partial charge on any atom is 0.407 e. The lowest BCUT2D eigenvalue weighted by Crippen LogP contribution is -2.62. The molecule has 0 bridgehead atoms. The maximum atomic E-state index is 12.5. The van der Waals surface area contributed by atoms with Gasteiger partial charge in [-0.2, -0.15) is 0 Å². The third-order valence-electron chi connectivity index (χ3n) is 5.55. The average Bonchev–Trinajstić information content (AvgIpc) is 2.86. The predicted molar refractivity (Wildman–Crippen MR) is 123 cm³/mol. The van der Waals surface area contributed by atoms with E-state index in [9.17, 15) is 9.90 Å². The second-order valence-electron chi connectivity index (χ2n) is 7.74. The van der Waals surface area contributed by atoms with Gasteiger partial charge in [0.05, 0.1) is 13.7 Å². The number of amides is 1. The van der Waals surface area contributed by atoms with Crippen LogP contribution in [0.3, 0.4) is 0 Å². The smallest absolute Gasteiger partial charge is 0.407 e. The number of carbonyl (C=O) groups is 1.